The predicted molar refractivity (Wildman–Crippen MR) is 104 cm³/mol. The topological polar surface area (TPSA) is 62.3 Å². The number of carbonyl (C=O) groups is 1. The third kappa shape index (κ3) is 3.78. The molecule has 0 radical (unpaired) electrons. The minimum absolute atomic E-state index is 0.149. The van der Waals surface area contributed by atoms with E-state index in [0.717, 1.165) is 16.5 Å². The summed E-state index contributed by atoms with van der Waals surface area (Å²) < 4.78 is 5.78. The van der Waals surface area contributed by atoms with Crippen LogP contribution >= 0.6 is 39.1 Å². The number of benzene rings is 2. The lowest BCUT2D eigenvalue weighted by Gasteiger charge is -2.09. The molecule has 2 aromatic carbocycles. The van der Waals surface area contributed by atoms with Crippen molar-refractivity contribution in [1.82, 2.24) is 4.98 Å². The van der Waals surface area contributed by atoms with E-state index in [9.17, 15) is 9.90 Å². The summed E-state index contributed by atoms with van der Waals surface area (Å²) in [4.78, 5) is 14.7. The van der Waals surface area contributed by atoms with Crippen LogP contribution < -0.4 is 4.74 Å². The number of hydrogen-bond donors (Lipinski definition) is 2. The summed E-state index contributed by atoms with van der Waals surface area (Å²) in [6.07, 6.45) is 0.396. The average Bonchev–Trinajstić information content (AvgIpc) is 2.96. The molecule has 0 atom stereocenters. The molecule has 0 saturated carbocycles. The summed E-state index contributed by atoms with van der Waals surface area (Å²) in [6.45, 7) is 0.485. The molecule has 1 heterocycles. The molecule has 0 aliphatic carbocycles. The van der Waals surface area contributed by atoms with E-state index in [1.54, 1.807) is 12.1 Å². The van der Waals surface area contributed by atoms with Crippen LogP contribution in [0.15, 0.2) is 36.4 Å². The minimum atomic E-state index is -1.02. The van der Waals surface area contributed by atoms with Crippen LogP contribution in [-0.4, -0.2) is 28.0 Å². The molecule has 0 saturated heterocycles. The summed E-state index contributed by atoms with van der Waals surface area (Å²) in [5.41, 5.74) is 2.40. The maximum Gasteiger partial charge on any atom is 0.352 e. The molecule has 1 aromatic heterocycles. The highest BCUT2D eigenvalue weighted by Crippen LogP contribution is 2.34. The Balaban J connectivity index is 2.14. The zero-order valence-corrected chi connectivity index (χ0v) is 16.1. The molecule has 3 rings (SSSR count). The van der Waals surface area contributed by atoms with Gasteiger partial charge >= 0.3 is 5.97 Å². The van der Waals surface area contributed by atoms with E-state index < -0.39 is 5.97 Å². The van der Waals surface area contributed by atoms with Crippen LogP contribution in [0.5, 0.6) is 5.75 Å². The Morgan fingerprint density at radius 1 is 1.20 bits per heavy atom. The van der Waals surface area contributed by atoms with E-state index in [1.807, 2.05) is 24.3 Å². The molecule has 0 bridgehead atoms. The fraction of sp³-hybridized carbons (Fsp3) is 0.167. The van der Waals surface area contributed by atoms with Crippen LogP contribution in [0.25, 0.3) is 10.9 Å². The second-order valence-electron chi connectivity index (χ2n) is 5.43. The van der Waals surface area contributed by atoms with Gasteiger partial charge in [0.2, 0.25) is 0 Å². The van der Waals surface area contributed by atoms with Gasteiger partial charge in [-0.2, -0.15) is 0 Å². The molecule has 25 heavy (non-hydrogen) atoms. The second kappa shape index (κ2) is 7.68. The van der Waals surface area contributed by atoms with Gasteiger partial charge in [0, 0.05) is 22.7 Å². The van der Waals surface area contributed by atoms with Gasteiger partial charge in [0.15, 0.2) is 0 Å². The van der Waals surface area contributed by atoms with Crippen LogP contribution in [0, 0.1) is 0 Å². The van der Waals surface area contributed by atoms with Gasteiger partial charge in [-0.1, -0.05) is 51.3 Å². The van der Waals surface area contributed by atoms with E-state index >= 15 is 0 Å². The molecule has 0 aliphatic heterocycles. The van der Waals surface area contributed by atoms with Crippen molar-refractivity contribution in [2.24, 2.45) is 0 Å². The highest BCUT2D eigenvalue weighted by molar-refractivity contribution is 9.09. The number of carboxylic acids is 1. The van der Waals surface area contributed by atoms with Gasteiger partial charge in [0.1, 0.15) is 11.4 Å². The van der Waals surface area contributed by atoms with Crippen molar-refractivity contribution >= 4 is 56.0 Å². The van der Waals surface area contributed by atoms with Crippen molar-refractivity contribution in [2.45, 2.75) is 6.42 Å². The molecule has 0 spiro atoms. The van der Waals surface area contributed by atoms with Gasteiger partial charge in [-0.15, -0.1) is 0 Å². The Kier molecular flexibility index (Phi) is 5.57. The smallest absolute Gasteiger partial charge is 0.352 e. The van der Waals surface area contributed by atoms with Crippen LogP contribution in [0.3, 0.4) is 0 Å². The monoisotopic (exact) mass is 441 g/mol. The molecule has 3 aromatic rings. The number of aromatic carboxylic acids is 1. The van der Waals surface area contributed by atoms with Crippen LogP contribution in [0.4, 0.5) is 0 Å². The molecule has 2 N–H and O–H groups in total. The van der Waals surface area contributed by atoms with E-state index in [0.29, 0.717) is 39.7 Å². The SMILES string of the molecule is O=C(O)c1[nH]c2cccc(OCCBr)c2c1Cc1ccc(Cl)c(Cl)c1. The van der Waals surface area contributed by atoms with Crippen molar-refractivity contribution in [3.05, 3.63) is 63.3 Å². The molecule has 0 fully saturated rings. The zero-order chi connectivity index (χ0) is 18.0. The first-order valence-electron chi connectivity index (χ1n) is 7.50. The van der Waals surface area contributed by atoms with Crippen molar-refractivity contribution in [2.75, 3.05) is 11.9 Å². The van der Waals surface area contributed by atoms with Gasteiger partial charge in [-0.05, 0) is 29.8 Å². The first-order valence-corrected chi connectivity index (χ1v) is 9.38. The lowest BCUT2D eigenvalue weighted by atomic mass is 10.0. The number of alkyl halides is 1. The molecule has 0 aliphatic rings. The van der Waals surface area contributed by atoms with E-state index in [2.05, 4.69) is 20.9 Å². The number of rotatable bonds is 6. The Morgan fingerprint density at radius 3 is 2.68 bits per heavy atom. The number of aromatic amines is 1. The minimum Gasteiger partial charge on any atom is -0.492 e. The molecule has 0 amide bonds. The normalized spacial score (nSPS) is 11.0. The molecular formula is C18H14BrCl2NO3. The fourth-order valence-corrected chi connectivity index (χ4v) is 3.25. The molecule has 4 nitrogen and oxygen atoms in total. The number of fused-ring (bicyclic) bond motifs is 1. The Morgan fingerprint density at radius 2 is 2.00 bits per heavy atom. The lowest BCUT2D eigenvalue weighted by Crippen LogP contribution is -2.03. The number of nitrogens with one attached hydrogen (secondary N) is 1. The lowest BCUT2D eigenvalue weighted by molar-refractivity contribution is 0.0690. The standard InChI is InChI=1S/C18H14BrCl2NO3/c19-6-7-25-15-3-1-2-14-16(15)11(17(22-14)18(23)24)8-10-4-5-12(20)13(21)9-10/h1-5,9,22H,6-8H2,(H,23,24). The van der Waals surface area contributed by atoms with Gasteiger partial charge in [0.05, 0.1) is 22.2 Å². The second-order valence-corrected chi connectivity index (χ2v) is 7.03. The molecule has 130 valence electrons. The highest BCUT2D eigenvalue weighted by Gasteiger charge is 2.20. The summed E-state index contributed by atoms with van der Waals surface area (Å²) in [5.74, 6) is -0.367. The zero-order valence-electron chi connectivity index (χ0n) is 13.0. The van der Waals surface area contributed by atoms with E-state index in [1.165, 1.54) is 0 Å². The third-order valence-electron chi connectivity index (χ3n) is 3.80. The van der Waals surface area contributed by atoms with Gasteiger partial charge < -0.3 is 14.8 Å². The number of halogens is 3. The number of H-pyrrole nitrogens is 1. The summed E-state index contributed by atoms with van der Waals surface area (Å²) in [6, 6.07) is 10.8. The highest BCUT2D eigenvalue weighted by atomic mass is 79.9. The third-order valence-corrected chi connectivity index (χ3v) is 4.87. The van der Waals surface area contributed by atoms with Crippen LogP contribution in [0.1, 0.15) is 21.6 Å². The Hall–Kier alpha value is -1.69. The van der Waals surface area contributed by atoms with Crippen molar-refractivity contribution in [3.8, 4) is 5.75 Å². The summed E-state index contributed by atoms with van der Waals surface area (Å²) in [7, 11) is 0. The first-order chi connectivity index (χ1) is 12.0. The number of hydrogen-bond acceptors (Lipinski definition) is 2. The van der Waals surface area contributed by atoms with Crippen molar-refractivity contribution in [3.63, 3.8) is 0 Å². The van der Waals surface area contributed by atoms with Gasteiger partial charge in [0.25, 0.3) is 0 Å². The fourth-order valence-electron chi connectivity index (χ4n) is 2.76. The predicted octanol–water partition coefficient (Wildman–Crippen LogP) is 5.54. The van der Waals surface area contributed by atoms with Gasteiger partial charge in [-0.3, -0.25) is 0 Å². The Labute approximate surface area is 162 Å². The van der Waals surface area contributed by atoms with Crippen LogP contribution in [0.2, 0.25) is 10.0 Å². The van der Waals surface area contributed by atoms with E-state index in [4.69, 9.17) is 27.9 Å². The number of carboxylic acid groups (broad SMARTS) is 1. The Bertz CT molecular complexity index is 939. The van der Waals surface area contributed by atoms with Crippen molar-refractivity contribution < 1.29 is 14.6 Å². The number of ether oxygens (including phenoxy) is 1. The number of aromatic nitrogens is 1. The van der Waals surface area contributed by atoms with Gasteiger partial charge in [-0.25, -0.2) is 4.79 Å². The molecule has 0 unspecified atom stereocenters. The quantitative estimate of drug-likeness (QED) is 0.492. The van der Waals surface area contributed by atoms with E-state index in [-0.39, 0.29) is 5.69 Å². The maximum atomic E-state index is 11.7. The van der Waals surface area contributed by atoms with Crippen molar-refractivity contribution in [1.29, 1.82) is 0 Å². The maximum absolute atomic E-state index is 11.7. The largest absolute Gasteiger partial charge is 0.492 e. The molecule has 7 heteroatoms. The van der Waals surface area contributed by atoms with Crippen LogP contribution in [-0.2, 0) is 6.42 Å². The summed E-state index contributed by atoms with van der Waals surface area (Å²) >= 11 is 15.4. The average molecular weight is 443 g/mol. The molecular weight excluding hydrogens is 429 g/mol. The summed E-state index contributed by atoms with van der Waals surface area (Å²) in [5, 5.41) is 11.9. The first kappa shape index (κ1) is 18.1.